The molecule has 1 aromatic carbocycles. The first kappa shape index (κ1) is 13.0. The molecule has 0 aromatic heterocycles. The number of para-hydroxylation sites is 1. The number of benzene rings is 1. The molecule has 0 fully saturated rings. The van der Waals surface area contributed by atoms with Gasteiger partial charge >= 0.3 is 0 Å². The van der Waals surface area contributed by atoms with Gasteiger partial charge in [-0.05, 0) is 24.6 Å². The van der Waals surface area contributed by atoms with E-state index in [2.05, 4.69) is 5.32 Å². The third kappa shape index (κ3) is 4.18. The average molecular weight is 224 g/mol. The molecule has 0 amide bonds. The van der Waals surface area contributed by atoms with E-state index in [-0.39, 0.29) is 6.29 Å². The van der Waals surface area contributed by atoms with Crippen LogP contribution in [0.1, 0.15) is 5.56 Å². The van der Waals surface area contributed by atoms with Gasteiger partial charge < -0.3 is 20.5 Å². The molecule has 0 radical (unpaired) electrons. The molecule has 0 heterocycles. The summed E-state index contributed by atoms with van der Waals surface area (Å²) in [6, 6.07) is 7.90. The fourth-order valence-electron chi connectivity index (χ4n) is 1.47. The summed E-state index contributed by atoms with van der Waals surface area (Å²) < 4.78 is 10.1. The molecule has 4 nitrogen and oxygen atoms in total. The first-order chi connectivity index (χ1) is 7.77. The van der Waals surface area contributed by atoms with Crippen molar-refractivity contribution >= 4 is 5.69 Å². The van der Waals surface area contributed by atoms with Crippen LogP contribution in [0.2, 0.25) is 0 Å². The van der Waals surface area contributed by atoms with Crippen molar-refractivity contribution < 1.29 is 9.47 Å². The highest BCUT2D eigenvalue weighted by atomic mass is 16.7. The number of anilines is 1. The van der Waals surface area contributed by atoms with Crippen molar-refractivity contribution in [3.8, 4) is 0 Å². The monoisotopic (exact) mass is 224 g/mol. The van der Waals surface area contributed by atoms with Gasteiger partial charge in [0, 0.05) is 26.5 Å². The van der Waals surface area contributed by atoms with E-state index < -0.39 is 0 Å². The number of nitrogens with one attached hydrogen (secondary N) is 1. The summed E-state index contributed by atoms with van der Waals surface area (Å²) in [5.41, 5.74) is 7.85. The highest BCUT2D eigenvalue weighted by molar-refractivity contribution is 5.46. The first-order valence-corrected chi connectivity index (χ1v) is 5.37. The smallest absolute Gasteiger partial charge is 0.169 e. The lowest BCUT2D eigenvalue weighted by atomic mass is 10.1. The molecule has 0 aliphatic rings. The molecular formula is C12H20N2O2. The number of nitrogen functional groups attached to an aromatic ring is 1. The number of hydrogen-bond acceptors (Lipinski definition) is 4. The SMILES string of the molecule is COC(CNCCc1ccccc1N)OC. The molecule has 0 saturated heterocycles. The van der Waals surface area contributed by atoms with Gasteiger partial charge in [0.1, 0.15) is 0 Å². The summed E-state index contributed by atoms with van der Waals surface area (Å²) in [6.07, 6.45) is 0.723. The molecule has 0 unspecified atom stereocenters. The Bertz CT molecular complexity index is 301. The summed E-state index contributed by atoms with van der Waals surface area (Å²) in [6.45, 7) is 1.54. The predicted octanol–water partition coefficient (Wildman–Crippen LogP) is 1.02. The van der Waals surface area contributed by atoms with E-state index in [0.29, 0.717) is 6.54 Å². The average Bonchev–Trinajstić information content (AvgIpc) is 2.31. The van der Waals surface area contributed by atoms with Gasteiger partial charge in [0.05, 0.1) is 0 Å². The quantitative estimate of drug-likeness (QED) is 0.412. The Morgan fingerprint density at radius 2 is 1.94 bits per heavy atom. The number of nitrogens with two attached hydrogens (primary N) is 1. The number of rotatable bonds is 7. The minimum absolute atomic E-state index is 0.187. The van der Waals surface area contributed by atoms with Crippen molar-refractivity contribution in [2.75, 3.05) is 33.0 Å². The Morgan fingerprint density at radius 1 is 1.25 bits per heavy atom. The molecule has 1 rings (SSSR count). The van der Waals surface area contributed by atoms with Crippen LogP contribution in [0.25, 0.3) is 0 Å². The van der Waals surface area contributed by atoms with Crippen molar-refractivity contribution in [3.05, 3.63) is 29.8 Å². The fraction of sp³-hybridized carbons (Fsp3) is 0.500. The zero-order valence-electron chi connectivity index (χ0n) is 9.90. The second-order valence-corrected chi connectivity index (χ2v) is 3.55. The molecule has 0 aliphatic heterocycles. The van der Waals surface area contributed by atoms with Crippen LogP contribution in [0.15, 0.2) is 24.3 Å². The highest BCUT2D eigenvalue weighted by Gasteiger charge is 2.03. The lowest BCUT2D eigenvalue weighted by Gasteiger charge is -2.14. The highest BCUT2D eigenvalue weighted by Crippen LogP contribution is 2.10. The van der Waals surface area contributed by atoms with Crippen LogP contribution >= 0.6 is 0 Å². The van der Waals surface area contributed by atoms with Crippen LogP contribution in [0.3, 0.4) is 0 Å². The van der Waals surface area contributed by atoms with Crippen molar-refractivity contribution in [1.29, 1.82) is 0 Å². The van der Waals surface area contributed by atoms with Crippen molar-refractivity contribution in [3.63, 3.8) is 0 Å². The Morgan fingerprint density at radius 3 is 2.56 bits per heavy atom. The second-order valence-electron chi connectivity index (χ2n) is 3.55. The fourth-order valence-corrected chi connectivity index (χ4v) is 1.47. The van der Waals surface area contributed by atoms with Crippen LogP contribution in [0.4, 0.5) is 5.69 Å². The van der Waals surface area contributed by atoms with E-state index in [1.165, 1.54) is 5.56 Å². The zero-order valence-corrected chi connectivity index (χ0v) is 9.90. The minimum Gasteiger partial charge on any atom is -0.399 e. The van der Waals surface area contributed by atoms with Crippen molar-refractivity contribution in [2.45, 2.75) is 12.7 Å². The molecule has 0 saturated carbocycles. The molecule has 90 valence electrons. The standard InChI is InChI=1S/C12H20N2O2/c1-15-12(16-2)9-14-8-7-10-5-3-4-6-11(10)13/h3-6,12,14H,7-9,13H2,1-2H3. The number of ether oxygens (including phenoxy) is 2. The third-order valence-electron chi connectivity index (χ3n) is 2.46. The van der Waals surface area contributed by atoms with E-state index in [0.717, 1.165) is 18.7 Å². The topological polar surface area (TPSA) is 56.5 Å². The van der Waals surface area contributed by atoms with Gasteiger partial charge in [0.2, 0.25) is 0 Å². The van der Waals surface area contributed by atoms with Gasteiger partial charge in [0.15, 0.2) is 6.29 Å². The van der Waals surface area contributed by atoms with Gasteiger partial charge in [-0.2, -0.15) is 0 Å². The number of methoxy groups -OCH3 is 2. The van der Waals surface area contributed by atoms with Gasteiger partial charge in [-0.15, -0.1) is 0 Å². The summed E-state index contributed by atoms with van der Waals surface area (Å²) in [4.78, 5) is 0. The Labute approximate surface area is 96.7 Å². The van der Waals surface area contributed by atoms with Gasteiger partial charge in [-0.1, -0.05) is 18.2 Å². The van der Waals surface area contributed by atoms with E-state index in [9.17, 15) is 0 Å². The maximum atomic E-state index is 5.84. The normalized spacial score (nSPS) is 10.9. The first-order valence-electron chi connectivity index (χ1n) is 5.37. The largest absolute Gasteiger partial charge is 0.399 e. The lowest BCUT2D eigenvalue weighted by molar-refractivity contribution is -0.0986. The van der Waals surface area contributed by atoms with Crippen LogP contribution in [-0.4, -0.2) is 33.6 Å². The van der Waals surface area contributed by atoms with Gasteiger partial charge in [-0.25, -0.2) is 0 Å². The molecule has 0 atom stereocenters. The summed E-state index contributed by atoms with van der Waals surface area (Å²) in [7, 11) is 3.26. The lowest BCUT2D eigenvalue weighted by Crippen LogP contribution is -2.31. The molecule has 0 bridgehead atoms. The zero-order chi connectivity index (χ0) is 11.8. The van der Waals surface area contributed by atoms with E-state index in [4.69, 9.17) is 15.2 Å². The van der Waals surface area contributed by atoms with Crippen molar-refractivity contribution in [2.24, 2.45) is 0 Å². The Balaban J connectivity index is 2.23. The van der Waals surface area contributed by atoms with E-state index in [1.54, 1.807) is 14.2 Å². The molecule has 1 aromatic rings. The maximum Gasteiger partial charge on any atom is 0.169 e. The van der Waals surface area contributed by atoms with Gasteiger partial charge in [-0.3, -0.25) is 0 Å². The molecule has 4 heteroatoms. The minimum atomic E-state index is -0.187. The van der Waals surface area contributed by atoms with Crippen molar-refractivity contribution in [1.82, 2.24) is 5.32 Å². The van der Waals surface area contributed by atoms with E-state index >= 15 is 0 Å². The van der Waals surface area contributed by atoms with Crippen LogP contribution in [-0.2, 0) is 15.9 Å². The van der Waals surface area contributed by atoms with Gasteiger partial charge in [0.25, 0.3) is 0 Å². The molecule has 0 spiro atoms. The Kier molecular flexibility index (Phi) is 5.85. The summed E-state index contributed by atoms with van der Waals surface area (Å²) in [5.74, 6) is 0. The van der Waals surface area contributed by atoms with Crippen LogP contribution < -0.4 is 11.1 Å². The molecule has 0 aliphatic carbocycles. The third-order valence-corrected chi connectivity index (χ3v) is 2.46. The van der Waals surface area contributed by atoms with Crippen LogP contribution in [0.5, 0.6) is 0 Å². The summed E-state index contributed by atoms with van der Waals surface area (Å²) >= 11 is 0. The molecule has 3 N–H and O–H groups in total. The number of hydrogen-bond donors (Lipinski definition) is 2. The predicted molar refractivity (Wildman–Crippen MR) is 65.2 cm³/mol. The summed E-state index contributed by atoms with van der Waals surface area (Å²) in [5, 5.41) is 3.26. The van der Waals surface area contributed by atoms with E-state index in [1.807, 2.05) is 24.3 Å². The molecule has 16 heavy (non-hydrogen) atoms. The maximum absolute atomic E-state index is 5.84. The van der Waals surface area contributed by atoms with Crippen LogP contribution in [0, 0.1) is 0 Å². The Hall–Kier alpha value is -1.10. The second kappa shape index (κ2) is 7.22. The molecular weight excluding hydrogens is 204 g/mol.